The second kappa shape index (κ2) is 7.08. The smallest absolute Gasteiger partial charge is 0.292 e. The molecule has 0 bridgehead atoms. The molecular weight excluding hydrogens is 336 g/mol. The van der Waals surface area contributed by atoms with E-state index in [-0.39, 0.29) is 5.69 Å². The van der Waals surface area contributed by atoms with Crippen molar-refractivity contribution in [2.75, 3.05) is 11.9 Å². The molecule has 2 rings (SSSR count). The van der Waals surface area contributed by atoms with Crippen molar-refractivity contribution >= 4 is 33.0 Å². The van der Waals surface area contributed by atoms with Crippen molar-refractivity contribution in [3.63, 3.8) is 0 Å². The highest BCUT2D eigenvalue weighted by Gasteiger charge is 2.14. The third-order valence-electron chi connectivity index (χ3n) is 2.74. The first-order valence-electron chi connectivity index (χ1n) is 6.54. The van der Waals surface area contributed by atoms with Crippen LogP contribution in [0.2, 0.25) is 0 Å². The van der Waals surface area contributed by atoms with Crippen molar-refractivity contribution in [3.05, 3.63) is 57.1 Å². The summed E-state index contributed by atoms with van der Waals surface area (Å²) < 4.78 is 6.32. The molecule has 0 radical (unpaired) electrons. The molecule has 0 aromatic heterocycles. The third-order valence-corrected chi connectivity index (χ3v) is 3.23. The maximum Gasteiger partial charge on any atom is 0.292 e. The third kappa shape index (κ3) is 4.19. The van der Waals surface area contributed by atoms with Crippen LogP contribution in [0.15, 0.2) is 46.9 Å². The molecule has 0 saturated heterocycles. The number of nitro groups is 1. The Morgan fingerprint density at radius 3 is 2.81 bits per heavy atom. The van der Waals surface area contributed by atoms with E-state index in [1.807, 2.05) is 31.2 Å². The lowest BCUT2D eigenvalue weighted by molar-refractivity contribution is -0.383. The van der Waals surface area contributed by atoms with Gasteiger partial charge in [0, 0.05) is 22.3 Å². The first-order valence-corrected chi connectivity index (χ1v) is 7.33. The zero-order chi connectivity index (χ0) is 15.2. The maximum absolute atomic E-state index is 11.1. The van der Waals surface area contributed by atoms with Crippen LogP contribution in [0.25, 0.3) is 0 Å². The monoisotopic (exact) mass is 350 g/mol. The van der Waals surface area contributed by atoms with Crippen LogP contribution in [0, 0.1) is 10.1 Å². The number of nitrogens with zero attached hydrogens (tertiary/aromatic N) is 1. The SMILES string of the molecule is CCCOc1cccc(Nc2cc(Br)ccc2[N+](=O)[O-])c1. The van der Waals surface area contributed by atoms with E-state index in [0.717, 1.165) is 22.3 Å². The largest absolute Gasteiger partial charge is 0.494 e. The second-order valence-corrected chi connectivity index (χ2v) is 5.34. The van der Waals surface area contributed by atoms with Gasteiger partial charge in [-0.25, -0.2) is 0 Å². The lowest BCUT2D eigenvalue weighted by Crippen LogP contribution is -1.98. The van der Waals surface area contributed by atoms with Gasteiger partial charge >= 0.3 is 0 Å². The Hall–Kier alpha value is -2.08. The van der Waals surface area contributed by atoms with Crippen LogP contribution in [0.4, 0.5) is 17.1 Å². The highest BCUT2D eigenvalue weighted by molar-refractivity contribution is 9.10. The fourth-order valence-electron chi connectivity index (χ4n) is 1.81. The number of benzene rings is 2. The van der Waals surface area contributed by atoms with Gasteiger partial charge in [0.2, 0.25) is 0 Å². The number of hydrogen-bond donors (Lipinski definition) is 1. The maximum atomic E-state index is 11.1. The molecule has 5 nitrogen and oxygen atoms in total. The first kappa shape index (κ1) is 15.3. The summed E-state index contributed by atoms with van der Waals surface area (Å²) in [6, 6.07) is 12.1. The Balaban J connectivity index is 2.25. The molecule has 1 N–H and O–H groups in total. The van der Waals surface area contributed by atoms with Crippen molar-refractivity contribution in [1.29, 1.82) is 0 Å². The number of nitro benzene ring substituents is 1. The fraction of sp³-hybridized carbons (Fsp3) is 0.200. The molecule has 0 spiro atoms. The predicted molar refractivity (Wildman–Crippen MR) is 86.3 cm³/mol. The van der Waals surface area contributed by atoms with Crippen LogP contribution >= 0.6 is 15.9 Å². The van der Waals surface area contributed by atoms with Gasteiger partial charge in [0.1, 0.15) is 11.4 Å². The highest BCUT2D eigenvalue weighted by atomic mass is 79.9. The quantitative estimate of drug-likeness (QED) is 0.594. The van der Waals surface area contributed by atoms with E-state index in [1.54, 1.807) is 12.1 Å². The van der Waals surface area contributed by atoms with E-state index in [1.165, 1.54) is 6.07 Å². The van der Waals surface area contributed by atoms with Gasteiger partial charge in [0.25, 0.3) is 5.69 Å². The molecule has 0 amide bonds. The summed E-state index contributed by atoms with van der Waals surface area (Å²) in [5.41, 5.74) is 1.20. The Bertz CT molecular complexity index is 647. The van der Waals surface area contributed by atoms with Gasteiger partial charge in [-0.3, -0.25) is 10.1 Å². The van der Waals surface area contributed by atoms with E-state index in [4.69, 9.17) is 4.74 Å². The van der Waals surface area contributed by atoms with Crippen molar-refractivity contribution in [3.8, 4) is 5.75 Å². The van der Waals surface area contributed by atoms with Crippen molar-refractivity contribution in [2.45, 2.75) is 13.3 Å². The summed E-state index contributed by atoms with van der Waals surface area (Å²) >= 11 is 3.32. The lowest BCUT2D eigenvalue weighted by Gasteiger charge is -2.10. The number of anilines is 2. The number of rotatable bonds is 6. The minimum atomic E-state index is -0.411. The summed E-state index contributed by atoms with van der Waals surface area (Å²) in [7, 11) is 0. The second-order valence-electron chi connectivity index (χ2n) is 4.42. The van der Waals surface area contributed by atoms with Gasteiger partial charge in [0.15, 0.2) is 0 Å². The molecule has 0 fully saturated rings. The Morgan fingerprint density at radius 2 is 2.10 bits per heavy atom. The first-order chi connectivity index (χ1) is 10.1. The van der Waals surface area contributed by atoms with E-state index in [2.05, 4.69) is 21.2 Å². The molecule has 0 aliphatic rings. The molecule has 0 aliphatic carbocycles. The summed E-state index contributed by atoms with van der Waals surface area (Å²) in [5.74, 6) is 0.736. The van der Waals surface area contributed by atoms with Crippen LogP contribution in [-0.2, 0) is 0 Å². The summed E-state index contributed by atoms with van der Waals surface area (Å²) in [4.78, 5) is 10.6. The van der Waals surface area contributed by atoms with Crippen molar-refractivity contribution in [1.82, 2.24) is 0 Å². The topological polar surface area (TPSA) is 64.4 Å². The standard InChI is InChI=1S/C15H15BrN2O3/c1-2-8-21-13-5-3-4-12(10-13)17-14-9-11(16)6-7-15(14)18(19)20/h3-7,9-10,17H,2,8H2,1H3. The lowest BCUT2D eigenvalue weighted by atomic mass is 10.2. The Kier molecular flexibility index (Phi) is 5.16. The van der Waals surface area contributed by atoms with Gasteiger partial charge in [-0.15, -0.1) is 0 Å². The molecule has 110 valence electrons. The fourth-order valence-corrected chi connectivity index (χ4v) is 2.17. The molecule has 0 aliphatic heterocycles. The molecule has 0 heterocycles. The number of halogens is 1. The molecule has 2 aromatic carbocycles. The average molecular weight is 351 g/mol. The van der Waals surface area contributed by atoms with Crippen LogP contribution in [-0.4, -0.2) is 11.5 Å². The molecule has 2 aromatic rings. The van der Waals surface area contributed by atoms with Crippen LogP contribution in [0.5, 0.6) is 5.75 Å². The molecule has 21 heavy (non-hydrogen) atoms. The van der Waals surface area contributed by atoms with Crippen LogP contribution < -0.4 is 10.1 Å². The zero-order valence-corrected chi connectivity index (χ0v) is 13.1. The van der Waals surface area contributed by atoms with E-state index < -0.39 is 4.92 Å². The minimum Gasteiger partial charge on any atom is -0.494 e. The van der Waals surface area contributed by atoms with Gasteiger partial charge in [0.05, 0.1) is 11.5 Å². The summed E-state index contributed by atoms with van der Waals surface area (Å²) in [6.45, 7) is 2.67. The van der Waals surface area contributed by atoms with Gasteiger partial charge in [-0.2, -0.15) is 0 Å². The van der Waals surface area contributed by atoms with Gasteiger partial charge < -0.3 is 10.1 Å². The molecule has 6 heteroatoms. The average Bonchev–Trinajstić information content (AvgIpc) is 2.45. The molecule has 0 atom stereocenters. The zero-order valence-electron chi connectivity index (χ0n) is 11.5. The number of nitrogens with one attached hydrogen (secondary N) is 1. The van der Waals surface area contributed by atoms with Gasteiger partial charge in [-0.05, 0) is 30.7 Å². The molecular formula is C15H15BrN2O3. The van der Waals surface area contributed by atoms with Crippen molar-refractivity contribution < 1.29 is 9.66 Å². The Morgan fingerprint density at radius 1 is 1.29 bits per heavy atom. The predicted octanol–water partition coefficient (Wildman–Crippen LogP) is 4.89. The van der Waals surface area contributed by atoms with E-state index in [9.17, 15) is 10.1 Å². The van der Waals surface area contributed by atoms with Crippen LogP contribution in [0.1, 0.15) is 13.3 Å². The number of ether oxygens (including phenoxy) is 1. The summed E-state index contributed by atoms with van der Waals surface area (Å²) in [6.07, 6.45) is 0.925. The summed E-state index contributed by atoms with van der Waals surface area (Å²) in [5, 5.41) is 14.1. The van der Waals surface area contributed by atoms with Crippen molar-refractivity contribution in [2.24, 2.45) is 0 Å². The number of hydrogen-bond acceptors (Lipinski definition) is 4. The minimum absolute atomic E-state index is 0.0260. The molecule has 0 unspecified atom stereocenters. The van der Waals surface area contributed by atoms with E-state index in [0.29, 0.717) is 12.3 Å². The normalized spacial score (nSPS) is 10.2. The van der Waals surface area contributed by atoms with Crippen LogP contribution in [0.3, 0.4) is 0 Å². The Labute approximate surface area is 131 Å². The highest BCUT2D eigenvalue weighted by Crippen LogP contribution is 2.31. The molecule has 0 saturated carbocycles. The van der Waals surface area contributed by atoms with E-state index >= 15 is 0 Å². The van der Waals surface area contributed by atoms with Gasteiger partial charge in [-0.1, -0.05) is 28.9 Å².